The van der Waals surface area contributed by atoms with Crippen LogP contribution in [-0.4, -0.2) is 22.6 Å². The van der Waals surface area contributed by atoms with Crippen molar-refractivity contribution >= 4 is 16.7 Å². The van der Waals surface area contributed by atoms with E-state index in [2.05, 4.69) is 5.43 Å². The van der Waals surface area contributed by atoms with Gasteiger partial charge in [0, 0.05) is 12.0 Å². The van der Waals surface area contributed by atoms with Gasteiger partial charge in [-0.3, -0.25) is 10.2 Å². The minimum absolute atomic E-state index is 0.0321. The van der Waals surface area contributed by atoms with Crippen LogP contribution in [0, 0.1) is 0 Å². The molecule has 0 unspecified atom stereocenters. The highest BCUT2D eigenvalue weighted by Gasteiger charge is 2.52. The Morgan fingerprint density at radius 1 is 1.15 bits per heavy atom. The van der Waals surface area contributed by atoms with Gasteiger partial charge in [0.05, 0.1) is 0 Å². The van der Waals surface area contributed by atoms with Crippen molar-refractivity contribution < 1.29 is 18.0 Å². The van der Waals surface area contributed by atoms with Crippen LogP contribution in [0.1, 0.15) is 57.2 Å². The van der Waals surface area contributed by atoms with E-state index < -0.39 is 23.7 Å². The number of nitrogens with one attached hydrogen (secondary N) is 1. The number of fused-ring (bicyclic) bond motifs is 1. The number of hydrazine groups is 1. The molecule has 0 aromatic heterocycles. The summed E-state index contributed by atoms with van der Waals surface area (Å²) in [6, 6.07) is 8.71. The molecule has 0 saturated carbocycles. The molecule has 26 heavy (non-hydrogen) atoms. The molecule has 0 radical (unpaired) electrons. The zero-order valence-corrected chi connectivity index (χ0v) is 15.3. The summed E-state index contributed by atoms with van der Waals surface area (Å²) in [5.74, 6) is -0.200. The number of alkyl halides is 3. The van der Waals surface area contributed by atoms with Crippen molar-refractivity contribution in [3.63, 3.8) is 0 Å². The number of amides is 1. The van der Waals surface area contributed by atoms with Gasteiger partial charge < -0.3 is 0 Å². The first-order valence-corrected chi connectivity index (χ1v) is 8.69. The molecule has 3 rings (SSSR count). The first-order chi connectivity index (χ1) is 12.0. The minimum atomic E-state index is -4.52. The normalized spacial score (nSPS) is 19.2. The second-order valence-corrected chi connectivity index (χ2v) is 7.82. The second-order valence-electron chi connectivity index (χ2n) is 7.82. The van der Waals surface area contributed by atoms with Crippen LogP contribution >= 0.6 is 0 Å². The molecule has 1 saturated heterocycles. The predicted molar refractivity (Wildman–Crippen MR) is 95.5 cm³/mol. The Morgan fingerprint density at radius 2 is 1.85 bits per heavy atom. The molecule has 1 heterocycles. The van der Waals surface area contributed by atoms with Gasteiger partial charge in [0.25, 0.3) is 0 Å². The van der Waals surface area contributed by atoms with Crippen LogP contribution in [0.15, 0.2) is 36.4 Å². The third-order valence-corrected chi connectivity index (χ3v) is 4.94. The van der Waals surface area contributed by atoms with Crippen LogP contribution in [0.5, 0.6) is 0 Å². The average Bonchev–Trinajstić information content (AvgIpc) is 2.77. The maximum Gasteiger partial charge on any atom is 0.409 e. The summed E-state index contributed by atoms with van der Waals surface area (Å²) in [7, 11) is 0. The van der Waals surface area contributed by atoms with Crippen LogP contribution in [0.2, 0.25) is 0 Å². The van der Waals surface area contributed by atoms with E-state index in [0.29, 0.717) is 0 Å². The Kier molecular flexibility index (Phi) is 4.51. The van der Waals surface area contributed by atoms with Gasteiger partial charge in [-0.15, -0.1) is 0 Å². The molecular formula is C20H23F3N2O. The molecule has 1 fully saturated rings. The van der Waals surface area contributed by atoms with Crippen molar-refractivity contribution in [1.82, 2.24) is 10.4 Å². The van der Waals surface area contributed by atoms with Crippen molar-refractivity contribution in [3.8, 4) is 0 Å². The topological polar surface area (TPSA) is 32.3 Å². The highest BCUT2D eigenvalue weighted by atomic mass is 19.4. The Labute approximate surface area is 151 Å². The molecule has 0 bridgehead atoms. The van der Waals surface area contributed by atoms with Gasteiger partial charge in [0.1, 0.15) is 0 Å². The first-order valence-electron chi connectivity index (χ1n) is 8.69. The quantitative estimate of drug-likeness (QED) is 0.823. The van der Waals surface area contributed by atoms with Crippen molar-refractivity contribution in [2.24, 2.45) is 0 Å². The molecule has 0 aliphatic carbocycles. The van der Waals surface area contributed by atoms with E-state index in [1.807, 2.05) is 32.0 Å². The predicted octanol–water partition coefficient (Wildman–Crippen LogP) is 5.08. The van der Waals surface area contributed by atoms with Gasteiger partial charge in [-0.2, -0.15) is 18.2 Å². The standard InChI is InChI=1S/C20H23F3N2O/c1-12(2)15-7-5-6-13-8-9-14(10-16(13)15)18(20(21,22)23)25-19(3,4)11-17(26)24-25/h5-10,12,18H,11H2,1-4H3,(H,24,26)/t18-/m0/s1. The van der Waals surface area contributed by atoms with Gasteiger partial charge in [-0.25, -0.2) is 0 Å². The molecule has 2 aromatic carbocycles. The molecule has 1 aliphatic rings. The molecule has 1 N–H and O–H groups in total. The summed E-state index contributed by atoms with van der Waals surface area (Å²) in [5, 5.41) is 2.78. The molecule has 2 aromatic rings. The SMILES string of the molecule is CC(C)c1cccc2ccc([C@H](N3NC(=O)CC3(C)C)C(F)(F)F)cc12. The number of nitrogens with zero attached hydrogens (tertiary/aromatic N) is 1. The highest BCUT2D eigenvalue weighted by Crippen LogP contribution is 2.43. The summed E-state index contributed by atoms with van der Waals surface area (Å²) in [6.45, 7) is 7.33. The van der Waals surface area contributed by atoms with Gasteiger partial charge in [-0.05, 0) is 47.7 Å². The van der Waals surface area contributed by atoms with Crippen LogP contribution in [0.25, 0.3) is 10.8 Å². The maximum atomic E-state index is 14.0. The molecule has 3 nitrogen and oxygen atoms in total. The molecule has 6 heteroatoms. The summed E-state index contributed by atoms with van der Waals surface area (Å²) >= 11 is 0. The lowest BCUT2D eigenvalue weighted by atomic mass is 9.92. The lowest BCUT2D eigenvalue weighted by Gasteiger charge is -2.38. The molecule has 1 aliphatic heterocycles. The fraction of sp³-hybridized carbons (Fsp3) is 0.450. The largest absolute Gasteiger partial charge is 0.409 e. The van der Waals surface area contributed by atoms with E-state index >= 15 is 0 Å². The van der Waals surface area contributed by atoms with Crippen LogP contribution in [0.3, 0.4) is 0 Å². The zero-order chi connectivity index (χ0) is 19.3. The number of hydrogen-bond donors (Lipinski definition) is 1. The molecule has 1 amide bonds. The number of hydrogen-bond acceptors (Lipinski definition) is 2. The lowest BCUT2D eigenvalue weighted by Crippen LogP contribution is -2.51. The van der Waals surface area contributed by atoms with Gasteiger partial charge in [0.2, 0.25) is 5.91 Å². The maximum absolute atomic E-state index is 14.0. The van der Waals surface area contributed by atoms with E-state index in [4.69, 9.17) is 0 Å². The average molecular weight is 364 g/mol. The lowest BCUT2D eigenvalue weighted by molar-refractivity contribution is -0.203. The fourth-order valence-corrected chi connectivity index (χ4v) is 3.69. The van der Waals surface area contributed by atoms with Crippen molar-refractivity contribution in [1.29, 1.82) is 0 Å². The summed E-state index contributed by atoms with van der Waals surface area (Å²) in [5.41, 5.74) is 2.62. The minimum Gasteiger partial charge on any atom is -0.287 e. The molecule has 1 atom stereocenters. The number of carbonyl (C=O) groups is 1. The monoisotopic (exact) mass is 364 g/mol. The Morgan fingerprint density at radius 3 is 2.38 bits per heavy atom. The number of halogens is 3. The summed E-state index contributed by atoms with van der Waals surface area (Å²) < 4.78 is 42.0. The van der Waals surface area contributed by atoms with Gasteiger partial charge in [0.15, 0.2) is 6.04 Å². The van der Waals surface area contributed by atoms with Crippen molar-refractivity contribution in [2.45, 2.75) is 57.8 Å². The van der Waals surface area contributed by atoms with E-state index in [1.165, 1.54) is 6.07 Å². The summed E-state index contributed by atoms with van der Waals surface area (Å²) in [4.78, 5) is 11.8. The smallest absolute Gasteiger partial charge is 0.287 e. The first kappa shape index (κ1) is 18.7. The van der Waals surface area contributed by atoms with Gasteiger partial charge in [-0.1, -0.05) is 44.2 Å². The zero-order valence-electron chi connectivity index (χ0n) is 15.3. The Hall–Kier alpha value is -2.08. The number of rotatable bonds is 3. The van der Waals surface area contributed by atoms with E-state index in [1.54, 1.807) is 26.0 Å². The van der Waals surface area contributed by atoms with Crippen LogP contribution in [-0.2, 0) is 4.79 Å². The summed E-state index contributed by atoms with van der Waals surface area (Å²) in [6.07, 6.45) is -4.49. The molecule has 0 spiro atoms. The van der Waals surface area contributed by atoms with E-state index in [-0.39, 0.29) is 17.9 Å². The van der Waals surface area contributed by atoms with E-state index in [9.17, 15) is 18.0 Å². The highest BCUT2D eigenvalue weighted by molar-refractivity contribution is 5.87. The second kappa shape index (κ2) is 6.27. The van der Waals surface area contributed by atoms with Crippen molar-refractivity contribution in [3.05, 3.63) is 47.5 Å². The third kappa shape index (κ3) is 3.30. The van der Waals surface area contributed by atoms with E-state index in [0.717, 1.165) is 21.3 Å². The van der Waals surface area contributed by atoms with Crippen LogP contribution < -0.4 is 5.43 Å². The van der Waals surface area contributed by atoms with Gasteiger partial charge >= 0.3 is 6.18 Å². The number of benzene rings is 2. The van der Waals surface area contributed by atoms with Crippen LogP contribution in [0.4, 0.5) is 13.2 Å². The molecular weight excluding hydrogens is 341 g/mol. The number of carbonyl (C=O) groups excluding carboxylic acids is 1. The molecule has 140 valence electrons. The Bertz CT molecular complexity index is 843. The Balaban J connectivity index is 2.16. The fourth-order valence-electron chi connectivity index (χ4n) is 3.69. The van der Waals surface area contributed by atoms with Crippen molar-refractivity contribution in [2.75, 3.05) is 0 Å². The third-order valence-electron chi connectivity index (χ3n) is 4.94.